The maximum atomic E-state index is 6.02. The molecule has 0 fully saturated rings. The maximum Gasteiger partial charge on any atom is 0.0881 e. The van der Waals surface area contributed by atoms with Crippen LogP contribution < -0.4 is 11.5 Å². The summed E-state index contributed by atoms with van der Waals surface area (Å²) in [6.45, 7) is 8.67. The minimum absolute atomic E-state index is 0.0303. The fraction of sp³-hybridized carbons (Fsp3) is 1.00. The van der Waals surface area contributed by atoms with Gasteiger partial charge in [-0.2, -0.15) is 0 Å². The first-order valence-electron chi connectivity index (χ1n) is 10.7. The highest BCUT2D eigenvalue weighted by Gasteiger charge is 2.21. The molecule has 0 heterocycles. The molecule has 0 amide bonds. The number of nitrogens with two attached hydrogens (primary N) is 2. The van der Waals surface area contributed by atoms with Gasteiger partial charge in [-0.05, 0) is 19.3 Å². The number of unbranched alkanes of at least 4 members (excludes halogenated alkanes) is 11. The highest BCUT2D eigenvalue weighted by molar-refractivity contribution is 4.72. The normalized spacial score (nSPS) is 14.5. The second kappa shape index (κ2) is 16.4. The minimum atomic E-state index is -0.380. The van der Waals surface area contributed by atoms with Gasteiger partial charge in [0.1, 0.15) is 0 Å². The zero-order valence-electron chi connectivity index (χ0n) is 17.1. The molecule has 0 rings (SSSR count). The fourth-order valence-electron chi connectivity index (χ4n) is 3.30. The van der Waals surface area contributed by atoms with Gasteiger partial charge in [0.15, 0.2) is 0 Å². The third-order valence-electron chi connectivity index (χ3n) is 4.89. The lowest BCUT2D eigenvalue weighted by Gasteiger charge is -2.28. The molecule has 0 aromatic carbocycles. The Labute approximate surface area is 152 Å². The Hall–Kier alpha value is -0.120. The largest absolute Gasteiger partial charge is 0.372 e. The second-order valence-corrected chi connectivity index (χ2v) is 7.91. The van der Waals surface area contributed by atoms with Crippen LogP contribution in [0.2, 0.25) is 0 Å². The van der Waals surface area contributed by atoms with E-state index in [2.05, 4.69) is 27.7 Å². The molecular formula is C21H46N2O. The van der Waals surface area contributed by atoms with Crippen molar-refractivity contribution in [1.29, 1.82) is 0 Å². The molecule has 0 spiro atoms. The van der Waals surface area contributed by atoms with E-state index in [0.29, 0.717) is 5.92 Å². The smallest absolute Gasteiger partial charge is 0.0881 e. The minimum Gasteiger partial charge on any atom is -0.372 e. The van der Waals surface area contributed by atoms with Crippen LogP contribution in [0.4, 0.5) is 0 Å². The van der Waals surface area contributed by atoms with Crippen molar-refractivity contribution >= 4 is 0 Å². The van der Waals surface area contributed by atoms with Crippen LogP contribution in [0, 0.1) is 5.92 Å². The van der Waals surface area contributed by atoms with Gasteiger partial charge in [0.25, 0.3) is 0 Å². The number of ether oxygens (including phenoxy) is 1. The second-order valence-electron chi connectivity index (χ2n) is 7.91. The highest BCUT2D eigenvalue weighted by atomic mass is 16.5. The molecule has 0 aliphatic carbocycles. The summed E-state index contributed by atoms with van der Waals surface area (Å²) in [6.07, 6.45) is 17.7. The van der Waals surface area contributed by atoms with Crippen molar-refractivity contribution in [2.75, 3.05) is 0 Å². The van der Waals surface area contributed by atoms with Gasteiger partial charge in [-0.3, -0.25) is 0 Å². The molecule has 0 saturated carbocycles. The van der Waals surface area contributed by atoms with Crippen molar-refractivity contribution in [3.63, 3.8) is 0 Å². The van der Waals surface area contributed by atoms with E-state index >= 15 is 0 Å². The van der Waals surface area contributed by atoms with Gasteiger partial charge in [-0.25, -0.2) is 0 Å². The first kappa shape index (κ1) is 23.9. The Bertz CT molecular complexity index is 248. The number of hydrogen-bond donors (Lipinski definition) is 2. The van der Waals surface area contributed by atoms with Crippen LogP contribution in [0.15, 0.2) is 0 Å². The summed E-state index contributed by atoms with van der Waals surface area (Å²) in [5.41, 5.74) is 11.6. The molecule has 2 atom stereocenters. The SMILES string of the molecule is CCCCCCCCCCCCCCC(C)OC(C(C)C)C(N)N. The van der Waals surface area contributed by atoms with Gasteiger partial charge < -0.3 is 16.2 Å². The Morgan fingerprint density at radius 3 is 1.46 bits per heavy atom. The topological polar surface area (TPSA) is 61.3 Å². The molecule has 0 bridgehead atoms. The third-order valence-corrected chi connectivity index (χ3v) is 4.89. The van der Waals surface area contributed by atoms with Gasteiger partial charge in [-0.1, -0.05) is 97.8 Å². The van der Waals surface area contributed by atoms with Crippen molar-refractivity contribution in [2.45, 2.75) is 130 Å². The molecule has 2 unspecified atom stereocenters. The van der Waals surface area contributed by atoms with Crippen molar-refractivity contribution in [3.8, 4) is 0 Å². The first-order valence-corrected chi connectivity index (χ1v) is 10.7. The summed E-state index contributed by atoms with van der Waals surface area (Å²) in [4.78, 5) is 0. The molecule has 0 radical (unpaired) electrons. The number of rotatable bonds is 17. The van der Waals surface area contributed by atoms with E-state index in [1.165, 1.54) is 77.0 Å². The van der Waals surface area contributed by atoms with E-state index < -0.39 is 0 Å². The lowest BCUT2D eigenvalue weighted by Crippen LogP contribution is -2.48. The molecular weight excluding hydrogens is 296 g/mol. The molecule has 0 aliphatic rings. The van der Waals surface area contributed by atoms with Crippen molar-refractivity contribution in [3.05, 3.63) is 0 Å². The van der Waals surface area contributed by atoms with Gasteiger partial charge in [0.2, 0.25) is 0 Å². The summed E-state index contributed by atoms with van der Waals surface area (Å²) in [6, 6.07) is 0. The Balaban J connectivity index is 3.40. The van der Waals surface area contributed by atoms with E-state index in [4.69, 9.17) is 16.2 Å². The van der Waals surface area contributed by atoms with Crippen molar-refractivity contribution in [1.82, 2.24) is 0 Å². The fourth-order valence-corrected chi connectivity index (χ4v) is 3.30. The van der Waals surface area contributed by atoms with Crippen LogP contribution in [0.25, 0.3) is 0 Å². The van der Waals surface area contributed by atoms with E-state index in [9.17, 15) is 0 Å². The summed E-state index contributed by atoms with van der Waals surface area (Å²) >= 11 is 0. The molecule has 3 nitrogen and oxygen atoms in total. The summed E-state index contributed by atoms with van der Waals surface area (Å²) in [5.74, 6) is 0.370. The predicted octanol–water partition coefficient (Wildman–Crippen LogP) is 5.75. The molecule has 3 heteroatoms. The lowest BCUT2D eigenvalue weighted by molar-refractivity contribution is -0.0433. The van der Waals surface area contributed by atoms with Crippen molar-refractivity contribution in [2.24, 2.45) is 17.4 Å². The summed E-state index contributed by atoms with van der Waals surface area (Å²) in [7, 11) is 0. The van der Waals surface area contributed by atoms with Crippen LogP contribution >= 0.6 is 0 Å². The van der Waals surface area contributed by atoms with Gasteiger partial charge in [0.05, 0.1) is 18.4 Å². The highest BCUT2D eigenvalue weighted by Crippen LogP contribution is 2.16. The Morgan fingerprint density at radius 2 is 1.08 bits per heavy atom. The van der Waals surface area contributed by atoms with E-state index in [0.717, 1.165) is 6.42 Å². The lowest BCUT2D eigenvalue weighted by atomic mass is 10.0. The van der Waals surface area contributed by atoms with Gasteiger partial charge in [-0.15, -0.1) is 0 Å². The zero-order valence-corrected chi connectivity index (χ0v) is 17.1. The van der Waals surface area contributed by atoms with Crippen molar-refractivity contribution < 1.29 is 4.74 Å². The quantitative estimate of drug-likeness (QED) is 0.261. The third kappa shape index (κ3) is 14.2. The summed E-state index contributed by atoms with van der Waals surface area (Å²) < 4.78 is 6.02. The van der Waals surface area contributed by atoms with E-state index in [-0.39, 0.29) is 18.4 Å². The molecule has 4 N–H and O–H groups in total. The number of hydrogen-bond acceptors (Lipinski definition) is 3. The average molecular weight is 343 g/mol. The molecule has 146 valence electrons. The van der Waals surface area contributed by atoms with Crippen LogP contribution in [-0.2, 0) is 4.74 Å². The van der Waals surface area contributed by atoms with Gasteiger partial charge in [0, 0.05) is 0 Å². The van der Waals surface area contributed by atoms with Crippen LogP contribution in [0.3, 0.4) is 0 Å². The Morgan fingerprint density at radius 1 is 0.667 bits per heavy atom. The standard InChI is InChI=1S/C21H46N2O/c1-5-6-7-8-9-10-11-12-13-14-15-16-17-19(4)24-20(18(2)3)21(22)23/h18-21H,5-17,22-23H2,1-4H3. The molecule has 0 aromatic rings. The zero-order chi connectivity index (χ0) is 18.2. The summed E-state index contributed by atoms with van der Waals surface area (Å²) in [5, 5.41) is 0. The molecule has 24 heavy (non-hydrogen) atoms. The predicted molar refractivity (Wildman–Crippen MR) is 107 cm³/mol. The van der Waals surface area contributed by atoms with E-state index in [1.54, 1.807) is 0 Å². The van der Waals surface area contributed by atoms with Crippen LogP contribution in [0.1, 0.15) is 111 Å². The van der Waals surface area contributed by atoms with Gasteiger partial charge >= 0.3 is 0 Å². The van der Waals surface area contributed by atoms with Crippen LogP contribution in [0.5, 0.6) is 0 Å². The molecule has 0 aromatic heterocycles. The van der Waals surface area contributed by atoms with E-state index in [1.807, 2.05) is 0 Å². The maximum absolute atomic E-state index is 6.02. The Kier molecular flexibility index (Phi) is 16.3. The molecule has 0 saturated heterocycles. The van der Waals surface area contributed by atoms with Crippen LogP contribution in [-0.4, -0.2) is 18.4 Å². The average Bonchev–Trinajstić information content (AvgIpc) is 2.53. The first-order chi connectivity index (χ1) is 11.5. The monoisotopic (exact) mass is 342 g/mol. The molecule has 0 aliphatic heterocycles.